The average molecular weight is 501 g/mol. The highest BCUT2D eigenvalue weighted by atomic mass is 79.9. The molecule has 1 heterocycles. The number of hydrogen-bond acceptors (Lipinski definition) is 5. The number of nitrogens with one attached hydrogen (secondary N) is 1. The quantitative estimate of drug-likeness (QED) is 0.630. The van der Waals surface area contributed by atoms with Gasteiger partial charge in [-0.25, -0.2) is 12.8 Å². The van der Waals surface area contributed by atoms with Crippen LogP contribution in [0.3, 0.4) is 0 Å². The van der Waals surface area contributed by atoms with Crippen molar-refractivity contribution in [1.29, 1.82) is 0 Å². The zero-order valence-electron chi connectivity index (χ0n) is 16.4. The smallest absolute Gasteiger partial charge is 0.243 e. The molecule has 0 saturated carbocycles. The van der Waals surface area contributed by atoms with Crippen LogP contribution in [0.1, 0.15) is 12.0 Å². The van der Waals surface area contributed by atoms with Crippen LogP contribution in [0.15, 0.2) is 45.8 Å². The van der Waals surface area contributed by atoms with Gasteiger partial charge in [-0.1, -0.05) is 15.9 Å². The second kappa shape index (κ2) is 9.86. The average Bonchev–Trinajstić information content (AvgIpc) is 2.74. The van der Waals surface area contributed by atoms with Gasteiger partial charge in [-0.3, -0.25) is 4.79 Å². The van der Waals surface area contributed by atoms with Crippen LogP contribution in [-0.2, 0) is 26.0 Å². The molecule has 1 amide bonds. The van der Waals surface area contributed by atoms with Crippen LogP contribution in [0.5, 0.6) is 5.75 Å². The first kappa shape index (κ1) is 22.7. The van der Waals surface area contributed by atoms with Gasteiger partial charge in [0.15, 0.2) is 0 Å². The number of sulfonamides is 1. The number of nitrogens with zero attached hydrogens (tertiary/aromatic N) is 1. The minimum absolute atomic E-state index is 0.0346. The lowest BCUT2D eigenvalue weighted by Crippen LogP contribution is -2.40. The number of anilines is 1. The molecule has 0 radical (unpaired) electrons. The summed E-state index contributed by atoms with van der Waals surface area (Å²) in [6, 6.07) is 8.95. The highest BCUT2D eigenvalue weighted by Gasteiger charge is 2.27. The zero-order chi connectivity index (χ0) is 21.7. The molecule has 0 unspecified atom stereocenters. The Labute approximate surface area is 183 Å². The third-order valence-electron chi connectivity index (χ3n) is 4.69. The number of benzene rings is 2. The summed E-state index contributed by atoms with van der Waals surface area (Å²) in [6.07, 6.45) is 0.270. The van der Waals surface area contributed by atoms with Crippen LogP contribution >= 0.6 is 15.9 Å². The Morgan fingerprint density at radius 1 is 1.23 bits per heavy atom. The van der Waals surface area contributed by atoms with Crippen molar-refractivity contribution < 1.29 is 27.1 Å². The van der Waals surface area contributed by atoms with Gasteiger partial charge in [0.1, 0.15) is 11.6 Å². The Morgan fingerprint density at radius 2 is 1.97 bits per heavy atom. The van der Waals surface area contributed by atoms with Crippen molar-refractivity contribution in [2.75, 3.05) is 38.7 Å². The number of amides is 1. The Hall–Kier alpha value is -2.01. The molecule has 7 nitrogen and oxygen atoms in total. The second-order valence-electron chi connectivity index (χ2n) is 6.66. The normalized spacial score (nSPS) is 15.0. The molecule has 2 aromatic carbocycles. The highest BCUT2D eigenvalue weighted by Crippen LogP contribution is 2.26. The zero-order valence-corrected chi connectivity index (χ0v) is 18.8. The molecular formula is C20H22BrFN2O5S. The van der Waals surface area contributed by atoms with E-state index in [-0.39, 0.29) is 29.3 Å². The highest BCUT2D eigenvalue weighted by molar-refractivity contribution is 9.10. The molecule has 1 aliphatic rings. The van der Waals surface area contributed by atoms with Crippen molar-refractivity contribution >= 4 is 37.5 Å². The predicted molar refractivity (Wildman–Crippen MR) is 114 cm³/mol. The molecule has 0 aromatic heterocycles. The van der Waals surface area contributed by atoms with Crippen molar-refractivity contribution in [2.45, 2.75) is 17.7 Å². The minimum Gasteiger partial charge on any atom is -0.496 e. The fourth-order valence-electron chi connectivity index (χ4n) is 3.10. The monoisotopic (exact) mass is 500 g/mol. The van der Waals surface area contributed by atoms with Crippen molar-refractivity contribution in [3.05, 3.63) is 52.3 Å². The molecule has 1 saturated heterocycles. The number of halogens is 2. The van der Waals surface area contributed by atoms with E-state index in [0.29, 0.717) is 42.1 Å². The molecular weight excluding hydrogens is 479 g/mol. The fourth-order valence-corrected chi connectivity index (χ4v) is 4.89. The van der Waals surface area contributed by atoms with E-state index in [4.69, 9.17) is 9.47 Å². The standard InChI is InChI=1S/C20H22BrFN2O5S/c1-28-19-6-4-16(30(26,27)24-8-10-29-11-9-24)12-14(19)2-7-20(25)23-18-5-3-15(21)13-17(18)22/h3-6,12-13H,2,7-11H2,1H3,(H,23,25). The van der Waals surface area contributed by atoms with Crippen LogP contribution in [0.25, 0.3) is 0 Å². The van der Waals surface area contributed by atoms with Crippen molar-refractivity contribution in [3.8, 4) is 5.75 Å². The lowest BCUT2D eigenvalue weighted by atomic mass is 10.1. The first-order valence-corrected chi connectivity index (χ1v) is 11.5. The molecule has 1 N–H and O–H groups in total. The van der Waals surface area contributed by atoms with Gasteiger partial charge in [-0.15, -0.1) is 0 Å². The van der Waals surface area contributed by atoms with Crippen LogP contribution in [0.2, 0.25) is 0 Å². The summed E-state index contributed by atoms with van der Waals surface area (Å²) in [6.45, 7) is 1.31. The first-order chi connectivity index (χ1) is 14.3. The van der Waals surface area contributed by atoms with E-state index in [9.17, 15) is 17.6 Å². The molecule has 0 atom stereocenters. The first-order valence-electron chi connectivity index (χ1n) is 9.31. The number of aryl methyl sites for hydroxylation is 1. The number of carbonyl (C=O) groups excluding carboxylic acids is 1. The van der Waals surface area contributed by atoms with Crippen LogP contribution in [-0.4, -0.2) is 52.0 Å². The van der Waals surface area contributed by atoms with E-state index in [1.165, 1.54) is 35.7 Å². The molecule has 1 aliphatic heterocycles. The minimum atomic E-state index is -3.66. The summed E-state index contributed by atoms with van der Waals surface area (Å²) in [7, 11) is -2.18. The number of hydrogen-bond donors (Lipinski definition) is 1. The summed E-state index contributed by atoms with van der Waals surface area (Å²) in [5, 5.41) is 2.53. The van der Waals surface area contributed by atoms with Crippen LogP contribution in [0.4, 0.5) is 10.1 Å². The largest absolute Gasteiger partial charge is 0.496 e. The topological polar surface area (TPSA) is 84.9 Å². The number of rotatable bonds is 7. The summed E-state index contributed by atoms with van der Waals surface area (Å²) in [4.78, 5) is 12.4. The van der Waals surface area contributed by atoms with Gasteiger partial charge in [-0.05, 0) is 48.4 Å². The van der Waals surface area contributed by atoms with Gasteiger partial charge < -0.3 is 14.8 Å². The predicted octanol–water partition coefficient (Wildman–Crippen LogP) is 3.19. The van der Waals surface area contributed by atoms with E-state index in [1.54, 1.807) is 12.1 Å². The SMILES string of the molecule is COc1ccc(S(=O)(=O)N2CCOCC2)cc1CCC(=O)Nc1ccc(Br)cc1F. The Bertz CT molecular complexity index is 1030. The van der Waals surface area contributed by atoms with Gasteiger partial charge in [0.25, 0.3) is 0 Å². The summed E-state index contributed by atoms with van der Waals surface area (Å²) < 4.78 is 52.2. The number of morpholine rings is 1. The molecule has 162 valence electrons. The Balaban J connectivity index is 1.73. The summed E-state index contributed by atoms with van der Waals surface area (Å²) >= 11 is 3.16. The maximum Gasteiger partial charge on any atom is 0.243 e. The third kappa shape index (κ3) is 5.37. The molecule has 0 bridgehead atoms. The van der Waals surface area contributed by atoms with E-state index >= 15 is 0 Å². The number of methoxy groups -OCH3 is 1. The van der Waals surface area contributed by atoms with Gasteiger partial charge in [0, 0.05) is 24.0 Å². The molecule has 0 aliphatic carbocycles. The number of carbonyl (C=O) groups is 1. The maximum absolute atomic E-state index is 13.9. The summed E-state index contributed by atoms with van der Waals surface area (Å²) in [5.74, 6) is -0.452. The Morgan fingerprint density at radius 3 is 2.63 bits per heavy atom. The molecule has 3 rings (SSSR count). The third-order valence-corrected chi connectivity index (χ3v) is 7.07. The van der Waals surface area contributed by atoms with Crippen molar-refractivity contribution in [2.24, 2.45) is 0 Å². The van der Waals surface area contributed by atoms with E-state index in [2.05, 4.69) is 21.2 Å². The van der Waals surface area contributed by atoms with Crippen molar-refractivity contribution in [3.63, 3.8) is 0 Å². The number of ether oxygens (including phenoxy) is 2. The molecule has 1 fully saturated rings. The summed E-state index contributed by atoms with van der Waals surface area (Å²) in [5.41, 5.74) is 0.664. The molecule has 2 aromatic rings. The van der Waals surface area contributed by atoms with Gasteiger partial charge in [0.05, 0.1) is 30.9 Å². The maximum atomic E-state index is 13.9. The Kier molecular flexibility index (Phi) is 7.45. The molecule has 10 heteroatoms. The van der Waals surface area contributed by atoms with Crippen LogP contribution in [0, 0.1) is 5.82 Å². The van der Waals surface area contributed by atoms with E-state index in [1.807, 2.05) is 0 Å². The van der Waals surface area contributed by atoms with Crippen molar-refractivity contribution in [1.82, 2.24) is 4.31 Å². The lowest BCUT2D eigenvalue weighted by molar-refractivity contribution is -0.116. The van der Waals surface area contributed by atoms with Gasteiger partial charge >= 0.3 is 0 Å². The lowest BCUT2D eigenvalue weighted by Gasteiger charge is -2.26. The van der Waals surface area contributed by atoms with E-state index < -0.39 is 15.8 Å². The van der Waals surface area contributed by atoms with Crippen LogP contribution < -0.4 is 10.1 Å². The van der Waals surface area contributed by atoms with E-state index in [0.717, 1.165) is 0 Å². The van der Waals surface area contributed by atoms with Gasteiger partial charge in [0.2, 0.25) is 15.9 Å². The molecule has 30 heavy (non-hydrogen) atoms. The molecule has 0 spiro atoms. The van der Waals surface area contributed by atoms with Gasteiger partial charge in [-0.2, -0.15) is 4.31 Å². The second-order valence-corrected chi connectivity index (χ2v) is 9.52. The fraction of sp³-hybridized carbons (Fsp3) is 0.350.